The predicted molar refractivity (Wildman–Crippen MR) is 108 cm³/mol. The number of likely N-dealkylation sites (tertiary alicyclic amines) is 1. The van der Waals surface area contributed by atoms with E-state index < -0.39 is 0 Å². The van der Waals surface area contributed by atoms with Crippen LogP contribution in [0.1, 0.15) is 28.9 Å². The van der Waals surface area contributed by atoms with Crippen LogP contribution in [0.3, 0.4) is 0 Å². The van der Waals surface area contributed by atoms with E-state index in [1.54, 1.807) is 4.90 Å². The first-order chi connectivity index (χ1) is 13.6. The number of hydrogen-bond acceptors (Lipinski definition) is 4. The molecule has 1 amide bonds. The SMILES string of the molecule is O=C(c1nc(-c2ccccc2)cnc1O)N1CCCC1Cc1cccc(Cl)c1. The van der Waals surface area contributed by atoms with Crippen LogP contribution >= 0.6 is 11.6 Å². The Hall–Kier alpha value is -2.92. The van der Waals surface area contributed by atoms with Crippen LogP contribution in [0.25, 0.3) is 11.3 Å². The number of hydrogen-bond donors (Lipinski definition) is 1. The number of rotatable bonds is 4. The first kappa shape index (κ1) is 18.4. The van der Waals surface area contributed by atoms with Crippen LogP contribution in [-0.2, 0) is 6.42 Å². The summed E-state index contributed by atoms with van der Waals surface area (Å²) in [4.78, 5) is 23.4. The van der Waals surface area contributed by atoms with E-state index in [-0.39, 0.29) is 23.5 Å². The van der Waals surface area contributed by atoms with E-state index in [0.29, 0.717) is 17.3 Å². The molecule has 0 saturated carbocycles. The van der Waals surface area contributed by atoms with Gasteiger partial charge in [-0.25, -0.2) is 9.97 Å². The van der Waals surface area contributed by atoms with Gasteiger partial charge < -0.3 is 10.0 Å². The molecule has 1 atom stereocenters. The normalized spacial score (nSPS) is 16.3. The molecule has 1 aromatic heterocycles. The maximum Gasteiger partial charge on any atom is 0.278 e. The fourth-order valence-corrected chi connectivity index (χ4v) is 3.87. The van der Waals surface area contributed by atoms with E-state index in [9.17, 15) is 9.90 Å². The van der Waals surface area contributed by atoms with Crippen molar-refractivity contribution in [1.82, 2.24) is 14.9 Å². The Morgan fingerprint density at radius 2 is 2.00 bits per heavy atom. The van der Waals surface area contributed by atoms with Crippen LogP contribution in [0.2, 0.25) is 5.02 Å². The van der Waals surface area contributed by atoms with Crippen LogP contribution in [0.15, 0.2) is 60.8 Å². The number of aromatic hydroxyl groups is 1. The van der Waals surface area contributed by atoms with Crippen LogP contribution < -0.4 is 0 Å². The van der Waals surface area contributed by atoms with E-state index in [4.69, 9.17) is 11.6 Å². The van der Waals surface area contributed by atoms with E-state index in [1.165, 1.54) is 6.20 Å². The van der Waals surface area contributed by atoms with Gasteiger partial charge >= 0.3 is 0 Å². The molecule has 142 valence electrons. The van der Waals surface area contributed by atoms with Crippen LogP contribution in [0.4, 0.5) is 0 Å². The summed E-state index contributed by atoms with van der Waals surface area (Å²) in [6.45, 7) is 0.640. The molecule has 0 spiro atoms. The highest BCUT2D eigenvalue weighted by molar-refractivity contribution is 6.30. The Morgan fingerprint density at radius 3 is 2.79 bits per heavy atom. The number of halogens is 1. The number of carbonyl (C=O) groups excluding carboxylic acids is 1. The van der Waals surface area contributed by atoms with E-state index in [0.717, 1.165) is 30.4 Å². The Bertz CT molecular complexity index is 994. The van der Waals surface area contributed by atoms with Crippen molar-refractivity contribution < 1.29 is 9.90 Å². The van der Waals surface area contributed by atoms with Gasteiger partial charge in [0.2, 0.25) is 5.88 Å². The molecule has 2 aromatic carbocycles. The maximum absolute atomic E-state index is 13.2. The second kappa shape index (κ2) is 7.98. The number of aromatic nitrogens is 2. The monoisotopic (exact) mass is 393 g/mol. The summed E-state index contributed by atoms with van der Waals surface area (Å²) in [7, 11) is 0. The van der Waals surface area contributed by atoms with Gasteiger partial charge in [-0.05, 0) is 37.0 Å². The van der Waals surface area contributed by atoms with Crippen molar-refractivity contribution in [3.8, 4) is 17.1 Å². The summed E-state index contributed by atoms with van der Waals surface area (Å²) in [5.41, 5.74) is 2.50. The minimum atomic E-state index is -0.335. The number of amides is 1. The third-order valence-electron chi connectivity index (χ3n) is 5.02. The standard InChI is InChI=1S/C22H20ClN3O2/c23-17-9-4-6-15(12-17)13-18-10-5-11-26(18)22(28)20-21(27)24-14-19(25-20)16-7-2-1-3-8-16/h1-4,6-9,12,14,18H,5,10-11,13H2,(H,24,27). The summed E-state index contributed by atoms with van der Waals surface area (Å²) in [5.74, 6) is -0.620. The summed E-state index contributed by atoms with van der Waals surface area (Å²) < 4.78 is 0. The molecule has 6 heteroatoms. The van der Waals surface area contributed by atoms with Crippen molar-refractivity contribution >= 4 is 17.5 Å². The fourth-order valence-electron chi connectivity index (χ4n) is 3.66. The van der Waals surface area contributed by atoms with Crippen LogP contribution in [-0.4, -0.2) is 38.5 Å². The lowest BCUT2D eigenvalue weighted by Gasteiger charge is -2.25. The molecule has 0 radical (unpaired) electrons. The predicted octanol–water partition coefficient (Wildman–Crippen LogP) is 4.35. The summed E-state index contributed by atoms with van der Waals surface area (Å²) in [5, 5.41) is 10.9. The smallest absolute Gasteiger partial charge is 0.278 e. The third-order valence-corrected chi connectivity index (χ3v) is 5.26. The van der Waals surface area contributed by atoms with Crippen molar-refractivity contribution in [2.45, 2.75) is 25.3 Å². The lowest BCUT2D eigenvalue weighted by atomic mass is 10.0. The summed E-state index contributed by atoms with van der Waals surface area (Å²) in [6.07, 6.45) is 4.03. The molecule has 3 aromatic rings. The first-order valence-corrected chi connectivity index (χ1v) is 9.66. The number of carbonyl (C=O) groups is 1. The maximum atomic E-state index is 13.2. The summed E-state index contributed by atoms with van der Waals surface area (Å²) in [6, 6.07) is 17.2. The Morgan fingerprint density at radius 1 is 1.18 bits per heavy atom. The van der Waals surface area contributed by atoms with Gasteiger partial charge in [0.1, 0.15) is 0 Å². The van der Waals surface area contributed by atoms with Crippen molar-refractivity contribution in [2.24, 2.45) is 0 Å². The highest BCUT2D eigenvalue weighted by Crippen LogP contribution is 2.27. The molecule has 1 N–H and O–H groups in total. The van der Waals surface area contributed by atoms with Gasteiger partial charge in [-0.3, -0.25) is 4.79 Å². The summed E-state index contributed by atoms with van der Waals surface area (Å²) >= 11 is 6.09. The van der Waals surface area contributed by atoms with Gasteiger partial charge in [0, 0.05) is 23.2 Å². The number of nitrogens with zero attached hydrogens (tertiary/aromatic N) is 3. The molecule has 1 fully saturated rings. The molecule has 2 heterocycles. The van der Waals surface area contributed by atoms with Crippen molar-refractivity contribution in [3.63, 3.8) is 0 Å². The minimum Gasteiger partial charge on any atom is -0.492 e. The Kier molecular flexibility index (Phi) is 5.26. The zero-order chi connectivity index (χ0) is 19.5. The topological polar surface area (TPSA) is 66.3 Å². The lowest BCUT2D eigenvalue weighted by molar-refractivity contribution is 0.0726. The Labute approximate surface area is 168 Å². The van der Waals surface area contributed by atoms with Gasteiger partial charge in [-0.15, -0.1) is 0 Å². The molecule has 0 bridgehead atoms. The zero-order valence-corrected chi connectivity index (χ0v) is 16.0. The lowest BCUT2D eigenvalue weighted by Crippen LogP contribution is -2.37. The van der Waals surface area contributed by atoms with Gasteiger partial charge in [0.15, 0.2) is 5.69 Å². The Balaban J connectivity index is 1.59. The molecule has 5 nitrogen and oxygen atoms in total. The third kappa shape index (κ3) is 3.85. The molecular formula is C22H20ClN3O2. The zero-order valence-electron chi connectivity index (χ0n) is 15.3. The van der Waals surface area contributed by atoms with Crippen LogP contribution in [0, 0.1) is 0 Å². The molecule has 1 aliphatic heterocycles. The second-order valence-electron chi connectivity index (χ2n) is 6.92. The molecule has 28 heavy (non-hydrogen) atoms. The molecule has 1 unspecified atom stereocenters. The van der Waals surface area contributed by atoms with Gasteiger partial charge in [0.25, 0.3) is 5.91 Å². The van der Waals surface area contributed by atoms with Crippen LogP contribution in [0.5, 0.6) is 5.88 Å². The average Bonchev–Trinajstić information content (AvgIpc) is 3.16. The first-order valence-electron chi connectivity index (χ1n) is 9.28. The van der Waals surface area contributed by atoms with Crippen molar-refractivity contribution in [1.29, 1.82) is 0 Å². The van der Waals surface area contributed by atoms with Gasteiger partial charge in [0.05, 0.1) is 11.9 Å². The average molecular weight is 394 g/mol. The minimum absolute atomic E-state index is 0.000604. The highest BCUT2D eigenvalue weighted by atomic mass is 35.5. The number of benzene rings is 2. The molecule has 1 aliphatic rings. The quantitative estimate of drug-likeness (QED) is 0.715. The molecule has 0 aliphatic carbocycles. The van der Waals surface area contributed by atoms with Crippen molar-refractivity contribution in [3.05, 3.63) is 77.1 Å². The van der Waals surface area contributed by atoms with E-state index >= 15 is 0 Å². The van der Waals surface area contributed by atoms with Gasteiger partial charge in [-0.2, -0.15) is 0 Å². The van der Waals surface area contributed by atoms with E-state index in [2.05, 4.69) is 9.97 Å². The van der Waals surface area contributed by atoms with Gasteiger partial charge in [-0.1, -0.05) is 54.1 Å². The molecule has 4 rings (SSSR count). The fraction of sp³-hybridized carbons (Fsp3) is 0.227. The second-order valence-corrected chi connectivity index (χ2v) is 7.36. The highest BCUT2D eigenvalue weighted by Gasteiger charge is 2.32. The van der Waals surface area contributed by atoms with E-state index in [1.807, 2.05) is 54.6 Å². The molecular weight excluding hydrogens is 374 g/mol. The van der Waals surface area contributed by atoms with Crippen molar-refractivity contribution in [2.75, 3.05) is 6.54 Å². The molecule has 1 saturated heterocycles. The largest absolute Gasteiger partial charge is 0.492 e.